The first-order valence-electron chi connectivity index (χ1n) is 6.47. The summed E-state index contributed by atoms with van der Waals surface area (Å²) in [5.74, 6) is -2.94. The summed E-state index contributed by atoms with van der Waals surface area (Å²) in [5.41, 5.74) is 0. The summed E-state index contributed by atoms with van der Waals surface area (Å²) in [6.45, 7) is 3.52. The van der Waals surface area contributed by atoms with Crippen molar-refractivity contribution in [3.63, 3.8) is 0 Å². The first kappa shape index (κ1) is 15.4. The lowest BCUT2D eigenvalue weighted by Crippen LogP contribution is -2.64. The van der Waals surface area contributed by atoms with Crippen LogP contribution in [-0.4, -0.2) is 56.4 Å². The van der Waals surface area contributed by atoms with E-state index in [4.69, 9.17) is 23.7 Å². The molecule has 2 heterocycles. The van der Waals surface area contributed by atoms with Crippen LogP contribution in [-0.2, 0) is 33.3 Å². The minimum Gasteiger partial charge on any atom is -0.459 e. The molecule has 2 rings (SSSR count). The van der Waals surface area contributed by atoms with Crippen molar-refractivity contribution < 1.29 is 33.3 Å². The molecule has 0 amide bonds. The second-order valence-corrected chi connectivity index (χ2v) is 5.21. The molecule has 0 aromatic carbocycles. The zero-order valence-electron chi connectivity index (χ0n) is 12.1. The molecular formula is C13H20O7. The van der Waals surface area contributed by atoms with Gasteiger partial charge in [0.25, 0.3) is 0 Å². The third-order valence-corrected chi connectivity index (χ3v) is 3.97. The van der Waals surface area contributed by atoms with Gasteiger partial charge < -0.3 is 23.7 Å². The normalized spacial score (nSPS) is 42.4. The van der Waals surface area contributed by atoms with Gasteiger partial charge in [0.05, 0.1) is 6.61 Å². The van der Waals surface area contributed by atoms with Crippen molar-refractivity contribution in [2.24, 2.45) is 0 Å². The Bertz CT molecular complexity index is 394. The van der Waals surface area contributed by atoms with Crippen LogP contribution in [0, 0.1) is 0 Å². The number of Topliss-reactive ketones (excluding diaryl/α,β-unsaturated/α-hetero) is 1. The molecule has 7 nitrogen and oxygen atoms in total. The van der Waals surface area contributed by atoms with Crippen LogP contribution in [0.15, 0.2) is 0 Å². The van der Waals surface area contributed by atoms with Gasteiger partial charge in [0.1, 0.15) is 24.4 Å². The molecule has 4 atom stereocenters. The summed E-state index contributed by atoms with van der Waals surface area (Å²) in [6.07, 6.45) is -1.28. The van der Waals surface area contributed by atoms with Crippen LogP contribution >= 0.6 is 0 Å². The smallest absolute Gasteiger partial charge is 0.313 e. The Morgan fingerprint density at radius 2 is 1.75 bits per heavy atom. The molecule has 2 fully saturated rings. The largest absolute Gasteiger partial charge is 0.459 e. The molecule has 0 aromatic heterocycles. The van der Waals surface area contributed by atoms with Gasteiger partial charge in [0.2, 0.25) is 11.6 Å². The minimum atomic E-state index is -1.17. The van der Waals surface area contributed by atoms with Gasteiger partial charge >= 0.3 is 5.97 Å². The van der Waals surface area contributed by atoms with E-state index in [1.165, 1.54) is 14.2 Å². The summed E-state index contributed by atoms with van der Waals surface area (Å²) in [7, 11) is 2.96. The lowest BCUT2D eigenvalue weighted by molar-refractivity contribution is -0.436. The number of ketones is 1. The highest BCUT2D eigenvalue weighted by atomic mass is 16.8. The molecule has 114 valence electrons. The molecule has 7 heteroatoms. The molecule has 0 spiro atoms. The fourth-order valence-corrected chi connectivity index (χ4v) is 2.38. The average Bonchev–Trinajstić information content (AvgIpc) is 2.41. The van der Waals surface area contributed by atoms with Gasteiger partial charge in [-0.15, -0.1) is 0 Å². The average molecular weight is 288 g/mol. The zero-order valence-corrected chi connectivity index (χ0v) is 12.1. The molecular weight excluding hydrogens is 268 g/mol. The second-order valence-electron chi connectivity index (χ2n) is 5.21. The second kappa shape index (κ2) is 5.40. The van der Waals surface area contributed by atoms with Gasteiger partial charge in [-0.2, -0.15) is 0 Å². The van der Waals surface area contributed by atoms with Crippen LogP contribution in [0.25, 0.3) is 0 Å². The fraction of sp³-hybridized carbons (Fsp3) is 0.846. The van der Waals surface area contributed by atoms with E-state index < -0.39 is 29.8 Å². The van der Waals surface area contributed by atoms with Crippen molar-refractivity contribution in [3.05, 3.63) is 0 Å². The number of cyclic esters (lactones) is 1. The lowest BCUT2D eigenvalue weighted by Gasteiger charge is -2.50. The van der Waals surface area contributed by atoms with Gasteiger partial charge in [-0.3, -0.25) is 9.59 Å². The third-order valence-electron chi connectivity index (χ3n) is 3.97. The van der Waals surface area contributed by atoms with E-state index >= 15 is 0 Å². The molecule has 0 saturated carbocycles. The third kappa shape index (κ3) is 2.58. The van der Waals surface area contributed by atoms with Crippen molar-refractivity contribution >= 4 is 11.8 Å². The summed E-state index contributed by atoms with van der Waals surface area (Å²) >= 11 is 0. The summed E-state index contributed by atoms with van der Waals surface area (Å²) in [4.78, 5) is 22.8. The maximum absolute atomic E-state index is 11.5. The van der Waals surface area contributed by atoms with Crippen molar-refractivity contribution in [1.29, 1.82) is 0 Å². The highest BCUT2D eigenvalue weighted by molar-refractivity contribution is 5.97. The fourth-order valence-electron chi connectivity index (χ4n) is 2.38. The van der Waals surface area contributed by atoms with Crippen LogP contribution in [0.1, 0.15) is 26.7 Å². The minimum absolute atomic E-state index is 0.128. The van der Waals surface area contributed by atoms with Gasteiger partial charge in [-0.25, -0.2) is 0 Å². The molecule has 0 bridgehead atoms. The Morgan fingerprint density at radius 1 is 1.10 bits per heavy atom. The first-order chi connectivity index (χ1) is 9.33. The van der Waals surface area contributed by atoms with E-state index in [2.05, 4.69) is 0 Å². The van der Waals surface area contributed by atoms with E-state index in [0.29, 0.717) is 0 Å². The van der Waals surface area contributed by atoms with E-state index in [9.17, 15) is 9.59 Å². The number of hydrogen-bond donors (Lipinski definition) is 0. The molecule has 1 unspecified atom stereocenters. The number of methoxy groups -OCH3 is 2. The Labute approximate surface area is 117 Å². The standard InChI is InChI=1S/C13H20O7/c1-12(16-3)13(2,17-4)20-10(7-18-12)9-5-8(14)6-11(15)19-9/h9-10H,5-7H2,1-4H3/t9?,10-,12+,13+/m0/s1. The number of hydrogen-bond acceptors (Lipinski definition) is 7. The summed E-state index contributed by atoms with van der Waals surface area (Å²) in [6, 6.07) is 0. The summed E-state index contributed by atoms with van der Waals surface area (Å²) < 4.78 is 27.4. The van der Waals surface area contributed by atoms with Gasteiger partial charge in [0, 0.05) is 20.6 Å². The highest BCUT2D eigenvalue weighted by Gasteiger charge is 2.55. The highest BCUT2D eigenvalue weighted by Crippen LogP contribution is 2.38. The summed E-state index contributed by atoms with van der Waals surface area (Å²) in [5, 5.41) is 0. The topological polar surface area (TPSA) is 80.3 Å². The monoisotopic (exact) mass is 288 g/mol. The molecule has 0 aliphatic carbocycles. The number of rotatable bonds is 3. The van der Waals surface area contributed by atoms with E-state index in [0.717, 1.165) is 0 Å². The Hall–Kier alpha value is -1.02. The number of esters is 1. The van der Waals surface area contributed by atoms with Crippen molar-refractivity contribution in [2.45, 2.75) is 50.5 Å². The van der Waals surface area contributed by atoms with E-state index in [-0.39, 0.29) is 25.2 Å². The molecule has 0 N–H and O–H groups in total. The number of carbonyl (C=O) groups is 2. The predicted molar refractivity (Wildman–Crippen MR) is 65.8 cm³/mol. The zero-order chi connectivity index (χ0) is 15.0. The van der Waals surface area contributed by atoms with Gasteiger partial charge in [-0.1, -0.05) is 0 Å². The van der Waals surface area contributed by atoms with Crippen LogP contribution in [0.5, 0.6) is 0 Å². The molecule has 0 radical (unpaired) electrons. The Kier molecular flexibility index (Phi) is 4.15. The van der Waals surface area contributed by atoms with Crippen molar-refractivity contribution in [1.82, 2.24) is 0 Å². The maximum atomic E-state index is 11.5. The predicted octanol–water partition coefficient (Wildman–Crippen LogP) is 0.402. The molecule has 2 saturated heterocycles. The SMILES string of the molecule is CO[C@]1(C)OC[C@@H](C2CC(=O)CC(=O)O2)O[C@@]1(C)OC. The first-order valence-corrected chi connectivity index (χ1v) is 6.47. The number of carbonyl (C=O) groups excluding carboxylic acids is 2. The number of ether oxygens (including phenoxy) is 5. The Balaban J connectivity index is 2.13. The van der Waals surface area contributed by atoms with Crippen LogP contribution in [0.2, 0.25) is 0 Å². The molecule has 2 aliphatic heterocycles. The van der Waals surface area contributed by atoms with E-state index in [1.807, 2.05) is 0 Å². The van der Waals surface area contributed by atoms with Crippen LogP contribution in [0.4, 0.5) is 0 Å². The lowest BCUT2D eigenvalue weighted by atomic mass is 10.00. The quantitative estimate of drug-likeness (QED) is 0.549. The van der Waals surface area contributed by atoms with Gasteiger partial charge in [-0.05, 0) is 13.8 Å². The van der Waals surface area contributed by atoms with Crippen LogP contribution < -0.4 is 0 Å². The van der Waals surface area contributed by atoms with E-state index in [1.54, 1.807) is 13.8 Å². The van der Waals surface area contributed by atoms with Crippen LogP contribution in [0.3, 0.4) is 0 Å². The molecule has 20 heavy (non-hydrogen) atoms. The molecule has 2 aliphatic rings. The Morgan fingerprint density at radius 3 is 2.30 bits per heavy atom. The van der Waals surface area contributed by atoms with Crippen molar-refractivity contribution in [3.8, 4) is 0 Å². The van der Waals surface area contributed by atoms with Gasteiger partial charge in [0.15, 0.2) is 0 Å². The van der Waals surface area contributed by atoms with Crippen molar-refractivity contribution in [2.75, 3.05) is 20.8 Å². The maximum Gasteiger partial charge on any atom is 0.313 e. The molecule has 0 aromatic rings.